The Morgan fingerprint density at radius 2 is 0.830 bits per heavy atom. The smallest absolute Gasteiger partial charge is 0.0713 e. The highest BCUT2D eigenvalue weighted by molar-refractivity contribution is 5.87. The molecule has 250 valence electrons. The molecule has 0 amide bonds. The summed E-state index contributed by atoms with van der Waals surface area (Å²) in [6, 6.07) is 73.2. The molecule has 1 nitrogen and oxygen atoms in total. The molecule has 2 aliphatic carbocycles. The molecule has 2 aliphatic rings. The van der Waals surface area contributed by atoms with Gasteiger partial charge in [0.1, 0.15) is 0 Å². The molecule has 0 radical (unpaired) electrons. The summed E-state index contributed by atoms with van der Waals surface area (Å²) < 4.78 is 0. The van der Waals surface area contributed by atoms with E-state index in [1.807, 2.05) is 0 Å². The zero-order chi connectivity index (χ0) is 35.2. The van der Waals surface area contributed by atoms with E-state index in [1.165, 1.54) is 72.4 Å². The SMILES string of the molecule is C(=Cc1ccc2c(c1)Cc1cc(N(c3ccccc3)c3ccccc3)ccc1-2)c1ccc(C2(c3ccccc3)c3ccccc3-c3ccccc32)cc1. The average Bonchev–Trinajstić information content (AvgIpc) is 3.74. The quantitative estimate of drug-likeness (QED) is 0.152. The molecule has 8 aromatic rings. The van der Waals surface area contributed by atoms with Crippen LogP contribution in [-0.2, 0) is 11.8 Å². The maximum atomic E-state index is 2.37. The lowest BCUT2D eigenvalue weighted by molar-refractivity contribution is 0.768. The molecule has 0 bridgehead atoms. The Hall–Kier alpha value is -6.70. The van der Waals surface area contributed by atoms with Crippen LogP contribution in [0.4, 0.5) is 17.1 Å². The van der Waals surface area contributed by atoms with E-state index in [9.17, 15) is 0 Å². The van der Waals surface area contributed by atoms with Crippen molar-refractivity contribution in [2.45, 2.75) is 11.8 Å². The molecule has 0 fully saturated rings. The number of rotatable bonds is 7. The molecule has 0 saturated heterocycles. The Bertz CT molecular complexity index is 2530. The van der Waals surface area contributed by atoms with Gasteiger partial charge in [0.2, 0.25) is 0 Å². The second kappa shape index (κ2) is 12.8. The highest BCUT2D eigenvalue weighted by Crippen LogP contribution is 2.56. The fraction of sp³-hybridized carbons (Fsp3) is 0.0385. The predicted octanol–water partition coefficient (Wildman–Crippen LogP) is 13.3. The van der Waals surface area contributed by atoms with Gasteiger partial charge in [-0.25, -0.2) is 0 Å². The first kappa shape index (κ1) is 31.1. The predicted molar refractivity (Wildman–Crippen MR) is 222 cm³/mol. The Kier molecular flexibility index (Phi) is 7.51. The molecule has 0 saturated carbocycles. The van der Waals surface area contributed by atoms with Gasteiger partial charge in [0.25, 0.3) is 0 Å². The topological polar surface area (TPSA) is 3.24 Å². The Balaban J connectivity index is 0.946. The van der Waals surface area contributed by atoms with Crippen LogP contribution in [0.25, 0.3) is 34.4 Å². The highest BCUT2D eigenvalue weighted by Gasteiger charge is 2.45. The summed E-state index contributed by atoms with van der Waals surface area (Å²) in [6.07, 6.45) is 5.43. The monoisotopic (exact) mass is 675 g/mol. The molecule has 10 rings (SSSR count). The van der Waals surface area contributed by atoms with Gasteiger partial charge < -0.3 is 4.90 Å². The normalized spacial score (nSPS) is 13.3. The standard InChI is InChI=1S/C52H37N/c1-4-14-41(15-5-1)52(50-22-12-10-20-48(50)49-21-11-13-23-51(49)52)42-29-26-37(27-30-42)24-25-38-28-32-46-39(34-38)35-40-36-45(31-33-47(40)46)53(43-16-6-2-7-17-43)44-18-8-3-9-19-44/h1-34,36H,35H2. The van der Waals surface area contributed by atoms with Crippen molar-refractivity contribution in [3.8, 4) is 22.3 Å². The molecule has 53 heavy (non-hydrogen) atoms. The van der Waals surface area contributed by atoms with Crippen LogP contribution in [0, 0.1) is 0 Å². The van der Waals surface area contributed by atoms with Crippen molar-refractivity contribution < 1.29 is 0 Å². The van der Waals surface area contributed by atoms with Crippen molar-refractivity contribution in [2.75, 3.05) is 4.90 Å². The van der Waals surface area contributed by atoms with Gasteiger partial charge in [-0.05, 0) is 110 Å². The summed E-state index contributed by atoms with van der Waals surface area (Å²) in [7, 11) is 0. The van der Waals surface area contributed by atoms with Gasteiger partial charge in [0, 0.05) is 17.1 Å². The van der Waals surface area contributed by atoms with Crippen LogP contribution in [0.1, 0.15) is 44.5 Å². The van der Waals surface area contributed by atoms with Gasteiger partial charge in [-0.3, -0.25) is 0 Å². The zero-order valence-electron chi connectivity index (χ0n) is 29.4. The van der Waals surface area contributed by atoms with Crippen molar-refractivity contribution in [1.82, 2.24) is 0 Å². The van der Waals surface area contributed by atoms with Crippen molar-refractivity contribution >= 4 is 29.2 Å². The Morgan fingerprint density at radius 3 is 1.45 bits per heavy atom. The molecule has 0 spiro atoms. The number of anilines is 3. The van der Waals surface area contributed by atoms with Crippen LogP contribution in [-0.4, -0.2) is 0 Å². The first-order valence-electron chi connectivity index (χ1n) is 18.5. The minimum absolute atomic E-state index is 0.370. The van der Waals surface area contributed by atoms with Gasteiger partial charge in [0.05, 0.1) is 5.41 Å². The lowest BCUT2D eigenvalue weighted by atomic mass is 9.67. The van der Waals surface area contributed by atoms with E-state index >= 15 is 0 Å². The fourth-order valence-electron chi connectivity index (χ4n) is 8.81. The van der Waals surface area contributed by atoms with Crippen molar-refractivity contribution in [1.29, 1.82) is 0 Å². The highest BCUT2D eigenvalue weighted by atomic mass is 15.1. The number of para-hydroxylation sites is 2. The van der Waals surface area contributed by atoms with E-state index in [0.29, 0.717) is 0 Å². The number of fused-ring (bicyclic) bond motifs is 6. The minimum Gasteiger partial charge on any atom is -0.310 e. The molecule has 0 heterocycles. The van der Waals surface area contributed by atoms with Crippen molar-refractivity contribution in [3.05, 3.63) is 245 Å². The first-order chi connectivity index (χ1) is 26.3. The third-order valence-electron chi connectivity index (χ3n) is 11.1. The van der Waals surface area contributed by atoms with E-state index in [0.717, 1.165) is 17.8 Å². The Morgan fingerprint density at radius 1 is 0.358 bits per heavy atom. The summed E-state index contributed by atoms with van der Waals surface area (Å²) in [5, 5.41) is 0. The van der Waals surface area contributed by atoms with Crippen LogP contribution in [0.5, 0.6) is 0 Å². The van der Waals surface area contributed by atoms with E-state index in [2.05, 4.69) is 217 Å². The summed E-state index contributed by atoms with van der Waals surface area (Å²) >= 11 is 0. The largest absolute Gasteiger partial charge is 0.310 e. The van der Waals surface area contributed by atoms with Crippen molar-refractivity contribution in [3.63, 3.8) is 0 Å². The number of hydrogen-bond acceptors (Lipinski definition) is 1. The van der Waals surface area contributed by atoms with E-state index in [-0.39, 0.29) is 5.41 Å². The molecule has 0 N–H and O–H groups in total. The molecular weight excluding hydrogens is 639 g/mol. The van der Waals surface area contributed by atoms with E-state index in [1.54, 1.807) is 0 Å². The number of benzene rings is 8. The number of nitrogens with zero attached hydrogens (tertiary/aromatic N) is 1. The Labute approximate surface area is 311 Å². The van der Waals surface area contributed by atoms with E-state index in [4.69, 9.17) is 0 Å². The molecule has 0 aromatic heterocycles. The summed E-state index contributed by atoms with van der Waals surface area (Å²) in [6.45, 7) is 0. The average molecular weight is 676 g/mol. The summed E-state index contributed by atoms with van der Waals surface area (Å²) in [5.41, 5.74) is 18.8. The molecule has 0 aliphatic heterocycles. The molecular formula is C52H37N. The van der Waals surface area contributed by atoms with Crippen molar-refractivity contribution in [2.24, 2.45) is 0 Å². The van der Waals surface area contributed by atoms with Gasteiger partial charge in [-0.2, -0.15) is 0 Å². The van der Waals surface area contributed by atoms with Gasteiger partial charge >= 0.3 is 0 Å². The second-order valence-electron chi connectivity index (χ2n) is 14.1. The van der Waals surface area contributed by atoms with Crippen LogP contribution < -0.4 is 4.90 Å². The summed E-state index contributed by atoms with van der Waals surface area (Å²) in [4.78, 5) is 2.34. The zero-order valence-corrected chi connectivity index (χ0v) is 29.4. The maximum absolute atomic E-state index is 2.37. The lowest BCUT2D eigenvalue weighted by Gasteiger charge is -2.33. The minimum atomic E-state index is -0.370. The molecule has 8 aromatic carbocycles. The lowest BCUT2D eigenvalue weighted by Crippen LogP contribution is -2.28. The van der Waals surface area contributed by atoms with Crippen LogP contribution >= 0.6 is 0 Å². The number of hydrogen-bond donors (Lipinski definition) is 0. The molecule has 0 atom stereocenters. The second-order valence-corrected chi connectivity index (χ2v) is 14.1. The van der Waals surface area contributed by atoms with Crippen LogP contribution in [0.3, 0.4) is 0 Å². The van der Waals surface area contributed by atoms with Crippen LogP contribution in [0.15, 0.2) is 200 Å². The summed E-state index contributed by atoms with van der Waals surface area (Å²) in [5.74, 6) is 0. The third kappa shape index (κ3) is 5.16. The van der Waals surface area contributed by atoms with E-state index < -0.39 is 0 Å². The molecule has 0 unspecified atom stereocenters. The first-order valence-corrected chi connectivity index (χ1v) is 18.5. The van der Waals surface area contributed by atoms with Crippen LogP contribution in [0.2, 0.25) is 0 Å². The van der Waals surface area contributed by atoms with Gasteiger partial charge in [-0.15, -0.1) is 0 Å². The third-order valence-corrected chi connectivity index (χ3v) is 11.1. The fourth-order valence-corrected chi connectivity index (χ4v) is 8.81. The van der Waals surface area contributed by atoms with Gasteiger partial charge in [-0.1, -0.05) is 176 Å². The molecule has 1 heteroatoms. The van der Waals surface area contributed by atoms with Gasteiger partial charge in [0.15, 0.2) is 0 Å². The maximum Gasteiger partial charge on any atom is 0.0713 e.